The maximum absolute atomic E-state index is 11.1. The smallest absolute Gasteiger partial charge is 0.306 e. The molecule has 1 unspecified atom stereocenters. The molecule has 0 aliphatic carbocycles. The van der Waals surface area contributed by atoms with E-state index < -0.39 is 0 Å². The van der Waals surface area contributed by atoms with E-state index in [4.69, 9.17) is 10.5 Å². The number of hydrogen-bond donors (Lipinski definition) is 1. The van der Waals surface area contributed by atoms with Gasteiger partial charge in [0, 0.05) is 6.42 Å². The van der Waals surface area contributed by atoms with Gasteiger partial charge in [-0.15, -0.1) is 0 Å². The Kier molecular flexibility index (Phi) is 6.59. The lowest BCUT2D eigenvalue weighted by Crippen LogP contribution is -2.17. The molecule has 0 aliphatic rings. The van der Waals surface area contributed by atoms with Gasteiger partial charge in [0.15, 0.2) is 0 Å². The van der Waals surface area contributed by atoms with Crippen molar-refractivity contribution in [2.75, 3.05) is 13.2 Å². The van der Waals surface area contributed by atoms with E-state index in [1.165, 1.54) is 0 Å². The number of nitrogens with two attached hydrogens (primary N) is 1. The number of carbonyl (C=O) groups is 1. The van der Waals surface area contributed by atoms with Crippen molar-refractivity contribution in [1.29, 1.82) is 0 Å². The van der Waals surface area contributed by atoms with Crippen LogP contribution in [0.15, 0.2) is 0 Å². The first-order valence-electron chi connectivity index (χ1n) is 4.92. The van der Waals surface area contributed by atoms with E-state index in [1.807, 2.05) is 6.92 Å². The molecule has 0 saturated heterocycles. The highest BCUT2D eigenvalue weighted by Gasteiger charge is 2.08. The Labute approximate surface area is 80.6 Å². The van der Waals surface area contributed by atoms with Crippen LogP contribution in [0.25, 0.3) is 0 Å². The third-order valence-corrected chi connectivity index (χ3v) is 1.88. The Balaban J connectivity index is 3.41. The van der Waals surface area contributed by atoms with Crippen LogP contribution in [0, 0.1) is 11.8 Å². The van der Waals surface area contributed by atoms with Crippen molar-refractivity contribution in [3.8, 4) is 0 Å². The van der Waals surface area contributed by atoms with Crippen LogP contribution in [0.2, 0.25) is 0 Å². The molecule has 2 N–H and O–H groups in total. The van der Waals surface area contributed by atoms with Crippen molar-refractivity contribution < 1.29 is 9.53 Å². The molecule has 3 heteroatoms. The third kappa shape index (κ3) is 7.78. The fourth-order valence-electron chi connectivity index (χ4n) is 0.835. The van der Waals surface area contributed by atoms with Crippen LogP contribution >= 0.6 is 0 Å². The third-order valence-electron chi connectivity index (χ3n) is 1.88. The summed E-state index contributed by atoms with van der Waals surface area (Å²) >= 11 is 0. The van der Waals surface area contributed by atoms with E-state index in [9.17, 15) is 4.79 Å². The van der Waals surface area contributed by atoms with Crippen molar-refractivity contribution in [3.05, 3.63) is 0 Å². The maximum atomic E-state index is 11.1. The van der Waals surface area contributed by atoms with Crippen LogP contribution < -0.4 is 5.73 Å². The van der Waals surface area contributed by atoms with Gasteiger partial charge in [0.2, 0.25) is 0 Å². The first-order valence-corrected chi connectivity index (χ1v) is 4.92. The molecule has 0 amide bonds. The number of rotatable bonds is 6. The van der Waals surface area contributed by atoms with Gasteiger partial charge in [0.25, 0.3) is 0 Å². The summed E-state index contributed by atoms with van der Waals surface area (Å²) in [5, 5.41) is 0. The summed E-state index contributed by atoms with van der Waals surface area (Å²) in [7, 11) is 0. The molecule has 0 aliphatic heterocycles. The largest absolute Gasteiger partial charge is 0.466 e. The number of carbonyl (C=O) groups excluding carboxylic acids is 1. The molecule has 0 rings (SSSR count). The van der Waals surface area contributed by atoms with Crippen LogP contribution in [-0.2, 0) is 9.53 Å². The summed E-state index contributed by atoms with van der Waals surface area (Å²) in [6.07, 6.45) is 1.37. The zero-order valence-electron chi connectivity index (χ0n) is 8.88. The quantitative estimate of drug-likeness (QED) is 0.642. The minimum Gasteiger partial charge on any atom is -0.466 e. The van der Waals surface area contributed by atoms with E-state index in [2.05, 4.69) is 13.8 Å². The summed E-state index contributed by atoms with van der Waals surface area (Å²) < 4.78 is 5.03. The van der Waals surface area contributed by atoms with E-state index >= 15 is 0 Å². The average molecular weight is 187 g/mol. The van der Waals surface area contributed by atoms with E-state index in [0.29, 0.717) is 25.5 Å². The SMILES string of the molecule is CC(C)CCOC(=O)CC(C)CN. The number of ether oxygens (including phenoxy) is 1. The molecule has 0 aromatic heterocycles. The highest BCUT2D eigenvalue weighted by molar-refractivity contribution is 5.69. The first kappa shape index (κ1) is 12.4. The van der Waals surface area contributed by atoms with E-state index in [-0.39, 0.29) is 11.9 Å². The summed E-state index contributed by atoms with van der Waals surface area (Å²) in [5.74, 6) is 0.685. The zero-order chi connectivity index (χ0) is 10.3. The molecule has 0 fully saturated rings. The Morgan fingerprint density at radius 1 is 1.38 bits per heavy atom. The molecule has 0 bridgehead atoms. The van der Waals surface area contributed by atoms with E-state index in [0.717, 1.165) is 6.42 Å². The Hall–Kier alpha value is -0.570. The second-order valence-electron chi connectivity index (χ2n) is 3.95. The van der Waals surface area contributed by atoms with Gasteiger partial charge in [-0.25, -0.2) is 0 Å². The van der Waals surface area contributed by atoms with Crippen molar-refractivity contribution >= 4 is 5.97 Å². The molecular formula is C10H21NO2. The molecule has 3 nitrogen and oxygen atoms in total. The van der Waals surface area contributed by atoms with Gasteiger partial charge in [-0.1, -0.05) is 20.8 Å². The second kappa shape index (κ2) is 6.89. The molecule has 0 aromatic carbocycles. The van der Waals surface area contributed by atoms with Crippen LogP contribution in [0.4, 0.5) is 0 Å². The van der Waals surface area contributed by atoms with Gasteiger partial charge in [0.1, 0.15) is 0 Å². The molecule has 0 saturated carbocycles. The Bertz CT molecular complexity index is 146. The van der Waals surface area contributed by atoms with Crippen LogP contribution in [0.3, 0.4) is 0 Å². The number of esters is 1. The molecule has 1 atom stereocenters. The Morgan fingerprint density at radius 3 is 2.46 bits per heavy atom. The highest BCUT2D eigenvalue weighted by atomic mass is 16.5. The molecule has 0 aromatic rings. The fourth-order valence-corrected chi connectivity index (χ4v) is 0.835. The molecule has 0 spiro atoms. The molecule has 0 radical (unpaired) electrons. The van der Waals surface area contributed by atoms with Crippen LogP contribution in [0.5, 0.6) is 0 Å². The van der Waals surface area contributed by atoms with Gasteiger partial charge in [0.05, 0.1) is 6.61 Å². The maximum Gasteiger partial charge on any atom is 0.306 e. The molecule has 13 heavy (non-hydrogen) atoms. The second-order valence-corrected chi connectivity index (χ2v) is 3.95. The lowest BCUT2D eigenvalue weighted by atomic mass is 10.1. The predicted octanol–water partition coefficient (Wildman–Crippen LogP) is 1.56. The van der Waals surface area contributed by atoms with Gasteiger partial charge >= 0.3 is 5.97 Å². The van der Waals surface area contributed by atoms with E-state index in [1.54, 1.807) is 0 Å². The van der Waals surface area contributed by atoms with Gasteiger partial charge < -0.3 is 10.5 Å². The monoisotopic (exact) mass is 187 g/mol. The lowest BCUT2D eigenvalue weighted by Gasteiger charge is -2.09. The van der Waals surface area contributed by atoms with Crippen LogP contribution in [-0.4, -0.2) is 19.1 Å². The normalized spacial score (nSPS) is 13.0. The fraction of sp³-hybridized carbons (Fsp3) is 0.900. The minimum atomic E-state index is -0.126. The molecule has 0 heterocycles. The van der Waals surface area contributed by atoms with Gasteiger partial charge in [-0.05, 0) is 24.8 Å². The zero-order valence-corrected chi connectivity index (χ0v) is 8.88. The average Bonchev–Trinajstić information content (AvgIpc) is 2.03. The molecular weight excluding hydrogens is 166 g/mol. The summed E-state index contributed by atoms with van der Waals surface area (Å²) in [6.45, 7) is 7.24. The van der Waals surface area contributed by atoms with Crippen LogP contribution in [0.1, 0.15) is 33.6 Å². The standard InChI is InChI=1S/C10H21NO2/c1-8(2)4-5-13-10(12)6-9(3)7-11/h8-9H,4-7,11H2,1-3H3. The summed E-state index contributed by atoms with van der Waals surface area (Å²) in [5.41, 5.74) is 5.39. The van der Waals surface area contributed by atoms with Gasteiger partial charge in [-0.3, -0.25) is 4.79 Å². The van der Waals surface area contributed by atoms with Crippen molar-refractivity contribution in [2.45, 2.75) is 33.6 Å². The highest BCUT2D eigenvalue weighted by Crippen LogP contribution is 2.03. The van der Waals surface area contributed by atoms with Crippen molar-refractivity contribution in [1.82, 2.24) is 0 Å². The predicted molar refractivity (Wildman–Crippen MR) is 53.2 cm³/mol. The lowest BCUT2D eigenvalue weighted by molar-refractivity contribution is -0.144. The van der Waals surface area contributed by atoms with Crippen molar-refractivity contribution in [3.63, 3.8) is 0 Å². The first-order chi connectivity index (χ1) is 6.06. The van der Waals surface area contributed by atoms with Crippen molar-refractivity contribution in [2.24, 2.45) is 17.6 Å². The summed E-state index contributed by atoms with van der Waals surface area (Å²) in [6, 6.07) is 0. The summed E-state index contributed by atoms with van der Waals surface area (Å²) in [4.78, 5) is 11.1. The van der Waals surface area contributed by atoms with Gasteiger partial charge in [-0.2, -0.15) is 0 Å². The minimum absolute atomic E-state index is 0.126. The number of hydrogen-bond acceptors (Lipinski definition) is 3. The Morgan fingerprint density at radius 2 is 2.00 bits per heavy atom. The molecule has 78 valence electrons. The topological polar surface area (TPSA) is 52.3 Å².